The van der Waals surface area contributed by atoms with E-state index in [0.717, 1.165) is 6.08 Å². The zero-order valence-corrected chi connectivity index (χ0v) is 7.52. The van der Waals surface area contributed by atoms with Crippen LogP contribution in [0.15, 0.2) is 11.1 Å². The smallest absolute Gasteiger partial charge is 0.211 e. The molecule has 0 amide bonds. The number of nitrogens with zero attached hydrogens (tertiary/aromatic N) is 1. The van der Waals surface area contributed by atoms with Crippen LogP contribution in [-0.2, 0) is 4.79 Å². The van der Waals surface area contributed by atoms with Crippen molar-refractivity contribution in [3.8, 4) is 0 Å². The van der Waals surface area contributed by atoms with Gasteiger partial charge in [0.1, 0.15) is 0 Å². The third-order valence-electron chi connectivity index (χ3n) is 1.83. The van der Waals surface area contributed by atoms with Crippen LogP contribution in [0.2, 0.25) is 0 Å². The molecule has 0 aliphatic heterocycles. The van der Waals surface area contributed by atoms with Gasteiger partial charge in [-0.2, -0.15) is 4.99 Å². The van der Waals surface area contributed by atoms with Gasteiger partial charge in [0.15, 0.2) is 23.3 Å². The molecule has 0 saturated heterocycles. The molecule has 0 fully saturated rings. The van der Waals surface area contributed by atoms with Crippen molar-refractivity contribution in [3.05, 3.63) is 34.9 Å². The van der Waals surface area contributed by atoms with Gasteiger partial charge in [-0.05, 0) is 13.0 Å². The van der Waals surface area contributed by atoms with Gasteiger partial charge in [0, 0.05) is 5.56 Å². The molecule has 0 spiro atoms. The minimum Gasteiger partial charge on any atom is -0.211 e. The molecule has 0 aliphatic carbocycles. The predicted octanol–water partition coefficient (Wildman–Crippen LogP) is 2.64. The summed E-state index contributed by atoms with van der Waals surface area (Å²) in [6.07, 6.45) is 1.12. The third kappa shape index (κ3) is 2.05. The summed E-state index contributed by atoms with van der Waals surface area (Å²) in [4.78, 5) is 12.9. The van der Waals surface area contributed by atoms with E-state index in [1.54, 1.807) is 0 Å². The first kappa shape index (κ1) is 11.4. The molecular formula is C9H5F4NO. The number of halogens is 4. The van der Waals surface area contributed by atoms with E-state index in [2.05, 4.69) is 4.99 Å². The van der Waals surface area contributed by atoms with Crippen LogP contribution in [-0.4, -0.2) is 6.08 Å². The largest absolute Gasteiger partial charge is 0.235 e. The molecule has 2 nitrogen and oxygen atoms in total. The standard InChI is InChI=1S/C9H5F4NO/c1-4(14-3-15)5-2-6(10)8(12)9(13)7(5)11/h2,4H,1H3. The molecule has 80 valence electrons. The lowest BCUT2D eigenvalue weighted by molar-refractivity contribution is 0.401. The van der Waals surface area contributed by atoms with Gasteiger partial charge < -0.3 is 0 Å². The topological polar surface area (TPSA) is 29.4 Å². The molecule has 0 saturated carbocycles. The Kier molecular flexibility index (Phi) is 3.21. The van der Waals surface area contributed by atoms with Crippen LogP contribution in [0.25, 0.3) is 0 Å². The minimum atomic E-state index is -1.92. The second-order valence-corrected chi connectivity index (χ2v) is 2.79. The van der Waals surface area contributed by atoms with Crippen molar-refractivity contribution in [2.75, 3.05) is 0 Å². The average Bonchev–Trinajstić information content (AvgIpc) is 2.20. The maximum atomic E-state index is 13.0. The quantitative estimate of drug-likeness (QED) is 0.247. The second-order valence-electron chi connectivity index (χ2n) is 2.79. The molecule has 0 N–H and O–H groups in total. The maximum Gasteiger partial charge on any atom is 0.235 e. The van der Waals surface area contributed by atoms with Crippen molar-refractivity contribution in [1.82, 2.24) is 0 Å². The minimum absolute atomic E-state index is 0.458. The summed E-state index contributed by atoms with van der Waals surface area (Å²) >= 11 is 0. The summed E-state index contributed by atoms with van der Waals surface area (Å²) in [5.41, 5.74) is -0.533. The highest BCUT2D eigenvalue weighted by Gasteiger charge is 2.21. The molecule has 1 unspecified atom stereocenters. The zero-order chi connectivity index (χ0) is 11.6. The van der Waals surface area contributed by atoms with E-state index in [9.17, 15) is 22.4 Å². The Morgan fingerprint density at radius 2 is 1.80 bits per heavy atom. The van der Waals surface area contributed by atoms with Gasteiger partial charge in [-0.15, -0.1) is 0 Å². The van der Waals surface area contributed by atoms with Crippen molar-refractivity contribution in [1.29, 1.82) is 0 Å². The van der Waals surface area contributed by atoms with E-state index < -0.39 is 34.9 Å². The van der Waals surface area contributed by atoms with E-state index in [4.69, 9.17) is 0 Å². The fourth-order valence-corrected chi connectivity index (χ4v) is 1.04. The van der Waals surface area contributed by atoms with Crippen LogP contribution >= 0.6 is 0 Å². The van der Waals surface area contributed by atoms with Gasteiger partial charge >= 0.3 is 0 Å². The van der Waals surface area contributed by atoms with Crippen LogP contribution < -0.4 is 0 Å². The Morgan fingerprint density at radius 3 is 2.33 bits per heavy atom. The monoisotopic (exact) mass is 219 g/mol. The summed E-state index contributed by atoms with van der Waals surface area (Å²) < 4.78 is 51.0. The molecule has 0 aliphatic rings. The Hall–Kier alpha value is -1.68. The molecule has 1 aromatic rings. The van der Waals surface area contributed by atoms with Crippen molar-refractivity contribution >= 4 is 6.08 Å². The lowest BCUT2D eigenvalue weighted by Gasteiger charge is -2.07. The van der Waals surface area contributed by atoms with Crippen molar-refractivity contribution in [3.63, 3.8) is 0 Å². The van der Waals surface area contributed by atoms with Crippen LogP contribution in [0, 0.1) is 23.3 Å². The number of isocyanates is 1. The van der Waals surface area contributed by atoms with Gasteiger partial charge in [-0.25, -0.2) is 22.4 Å². The van der Waals surface area contributed by atoms with E-state index in [1.807, 2.05) is 0 Å². The van der Waals surface area contributed by atoms with Gasteiger partial charge in [-0.1, -0.05) is 0 Å². The first-order valence-corrected chi connectivity index (χ1v) is 3.89. The second kappa shape index (κ2) is 4.23. The lowest BCUT2D eigenvalue weighted by atomic mass is 10.1. The van der Waals surface area contributed by atoms with Gasteiger partial charge in [0.2, 0.25) is 6.08 Å². The summed E-state index contributed by atoms with van der Waals surface area (Å²) in [5, 5.41) is 0. The van der Waals surface area contributed by atoms with E-state index in [-0.39, 0.29) is 0 Å². The SMILES string of the molecule is CC(N=C=O)c1cc(F)c(F)c(F)c1F. The van der Waals surface area contributed by atoms with Crippen LogP contribution in [0.3, 0.4) is 0 Å². The molecule has 0 aromatic heterocycles. The highest BCUT2D eigenvalue weighted by molar-refractivity contribution is 5.36. The summed E-state index contributed by atoms with van der Waals surface area (Å²) in [7, 11) is 0. The number of hydrogen-bond donors (Lipinski definition) is 0. The predicted molar refractivity (Wildman–Crippen MR) is 42.8 cm³/mol. The fourth-order valence-electron chi connectivity index (χ4n) is 1.04. The number of carbonyl (C=O) groups excluding carboxylic acids is 1. The van der Waals surface area contributed by atoms with E-state index in [1.165, 1.54) is 6.92 Å². The van der Waals surface area contributed by atoms with Gasteiger partial charge in [0.05, 0.1) is 6.04 Å². The van der Waals surface area contributed by atoms with Crippen LogP contribution in [0.1, 0.15) is 18.5 Å². The zero-order valence-electron chi connectivity index (χ0n) is 7.52. The fraction of sp³-hybridized carbons (Fsp3) is 0.222. The number of rotatable bonds is 2. The molecule has 15 heavy (non-hydrogen) atoms. The first-order valence-electron chi connectivity index (χ1n) is 3.89. The number of aliphatic imine (C=N–C) groups is 1. The third-order valence-corrected chi connectivity index (χ3v) is 1.83. The van der Waals surface area contributed by atoms with Crippen molar-refractivity contribution < 1.29 is 22.4 Å². The van der Waals surface area contributed by atoms with E-state index in [0.29, 0.717) is 6.07 Å². The Labute approximate surface area is 82.2 Å². The Balaban J connectivity index is 3.37. The molecule has 1 rings (SSSR count). The molecule has 6 heteroatoms. The van der Waals surface area contributed by atoms with Crippen LogP contribution in [0.5, 0.6) is 0 Å². The lowest BCUT2D eigenvalue weighted by Crippen LogP contribution is -2.03. The van der Waals surface area contributed by atoms with Crippen molar-refractivity contribution in [2.45, 2.75) is 13.0 Å². The first-order chi connectivity index (χ1) is 6.99. The highest BCUT2D eigenvalue weighted by Crippen LogP contribution is 2.25. The summed E-state index contributed by atoms with van der Waals surface area (Å²) in [6.45, 7) is 1.22. The molecule has 0 radical (unpaired) electrons. The number of benzene rings is 1. The summed E-state index contributed by atoms with van der Waals surface area (Å²) in [6, 6.07) is -0.661. The van der Waals surface area contributed by atoms with Crippen molar-refractivity contribution in [2.24, 2.45) is 4.99 Å². The highest BCUT2D eigenvalue weighted by atomic mass is 19.2. The number of hydrogen-bond acceptors (Lipinski definition) is 2. The maximum absolute atomic E-state index is 13.0. The normalized spacial score (nSPS) is 12.1. The summed E-state index contributed by atoms with van der Waals surface area (Å²) in [5.74, 6) is -6.89. The Bertz CT molecular complexity index is 440. The molecule has 1 atom stereocenters. The molecular weight excluding hydrogens is 214 g/mol. The molecule has 1 aromatic carbocycles. The van der Waals surface area contributed by atoms with Gasteiger partial charge in [-0.3, -0.25) is 0 Å². The average molecular weight is 219 g/mol. The van der Waals surface area contributed by atoms with E-state index >= 15 is 0 Å². The Morgan fingerprint density at radius 1 is 1.20 bits per heavy atom. The molecule has 0 heterocycles. The van der Waals surface area contributed by atoms with Crippen LogP contribution in [0.4, 0.5) is 17.6 Å². The van der Waals surface area contributed by atoms with Gasteiger partial charge in [0.25, 0.3) is 0 Å². The molecule has 0 bridgehead atoms.